The Morgan fingerprint density at radius 2 is 2.10 bits per heavy atom. The zero-order valence-corrected chi connectivity index (χ0v) is 13.0. The molecule has 0 bridgehead atoms. The van der Waals surface area contributed by atoms with Crippen LogP contribution in [-0.2, 0) is 17.2 Å². The predicted molar refractivity (Wildman–Crippen MR) is 85.6 cm³/mol. The van der Waals surface area contributed by atoms with Crippen LogP contribution in [0.1, 0.15) is 12.7 Å². The van der Waals surface area contributed by atoms with Crippen molar-refractivity contribution in [2.75, 3.05) is 13.7 Å². The highest BCUT2D eigenvalue weighted by atomic mass is 35.5. The second kappa shape index (κ2) is 6.00. The van der Waals surface area contributed by atoms with Crippen LogP contribution in [-0.4, -0.2) is 28.3 Å². The third-order valence-electron chi connectivity index (χ3n) is 3.62. The second-order valence-corrected chi connectivity index (χ2v) is 5.61. The number of aromatic nitrogens is 3. The Morgan fingerprint density at radius 3 is 2.86 bits per heavy atom. The molecular formula is C16H18ClN3O. The number of imidazole rings is 1. The number of benzene rings is 1. The van der Waals surface area contributed by atoms with Gasteiger partial charge in [0, 0.05) is 19.0 Å². The van der Waals surface area contributed by atoms with Crippen LogP contribution < -0.4 is 0 Å². The molecule has 0 aliphatic carbocycles. The number of nitrogens with zero attached hydrogens (tertiary/aromatic N) is 3. The molecule has 1 unspecified atom stereocenters. The van der Waals surface area contributed by atoms with Crippen LogP contribution in [0.15, 0.2) is 30.5 Å². The molecule has 3 aromatic rings. The molecule has 0 fully saturated rings. The minimum Gasteiger partial charge on any atom is -0.384 e. The molecule has 5 heteroatoms. The fourth-order valence-electron chi connectivity index (χ4n) is 2.76. The molecule has 0 amide bonds. The van der Waals surface area contributed by atoms with E-state index in [9.17, 15) is 0 Å². The Bertz CT molecular complexity index is 769. The van der Waals surface area contributed by atoms with E-state index in [0.29, 0.717) is 18.4 Å². The Kier molecular flexibility index (Phi) is 4.08. The maximum Gasteiger partial charge on any atom is 0.124 e. The molecule has 4 nitrogen and oxygen atoms in total. The number of ether oxygens (including phenoxy) is 1. The van der Waals surface area contributed by atoms with Crippen LogP contribution in [0, 0.1) is 5.92 Å². The van der Waals surface area contributed by atoms with E-state index >= 15 is 0 Å². The number of hydrogen-bond acceptors (Lipinski definition) is 3. The van der Waals surface area contributed by atoms with Gasteiger partial charge in [-0.05, 0) is 12.0 Å². The van der Waals surface area contributed by atoms with Gasteiger partial charge in [-0.2, -0.15) is 0 Å². The summed E-state index contributed by atoms with van der Waals surface area (Å²) in [4.78, 5) is 9.09. The molecule has 0 aliphatic heterocycles. The largest absolute Gasteiger partial charge is 0.384 e. The van der Waals surface area contributed by atoms with Crippen molar-refractivity contribution in [2.45, 2.75) is 19.3 Å². The standard InChI is InChI=1S/C16H18ClN3O/c1-11(10-21-2)9-20-15(7-17)19-14-8-18-13-6-4-3-5-12(13)16(14)20/h3-6,8,11H,7,9-10H2,1-2H3. The third-order valence-corrected chi connectivity index (χ3v) is 3.86. The monoisotopic (exact) mass is 303 g/mol. The van der Waals surface area contributed by atoms with Crippen molar-refractivity contribution in [3.63, 3.8) is 0 Å². The number of rotatable bonds is 5. The van der Waals surface area contributed by atoms with E-state index in [0.717, 1.165) is 34.3 Å². The van der Waals surface area contributed by atoms with Crippen LogP contribution in [0.4, 0.5) is 0 Å². The third kappa shape index (κ3) is 2.61. The zero-order valence-electron chi connectivity index (χ0n) is 12.2. The van der Waals surface area contributed by atoms with E-state index < -0.39 is 0 Å². The average Bonchev–Trinajstić information content (AvgIpc) is 2.85. The van der Waals surface area contributed by atoms with Crippen molar-refractivity contribution in [1.29, 1.82) is 0 Å². The van der Waals surface area contributed by atoms with Gasteiger partial charge in [-0.3, -0.25) is 4.98 Å². The highest BCUT2D eigenvalue weighted by Crippen LogP contribution is 2.26. The van der Waals surface area contributed by atoms with Crippen molar-refractivity contribution in [3.05, 3.63) is 36.3 Å². The van der Waals surface area contributed by atoms with Crippen molar-refractivity contribution in [1.82, 2.24) is 14.5 Å². The summed E-state index contributed by atoms with van der Waals surface area (Å²) in [6.45, 7) is 3.71. The van der Waals surface area contributed by atoms with Gasteiger partial charge in [0.2, 0.25) is 0 Å². The molecule has 21 heavy (non-hydrogen) atoms. The van der Waals surface area contributed by atoms with Crippen molar-refractivity contribution < 1.29 is 4.74 Å². The minimum absolute atomic E-state index is 0.390. The summed E-state index contributed by atoms with van der Waals surface area (Å²) in [6, 6.07) is 8.13. The van der Waals surface area contributed by atoms with E-state index in [1.54, 1.807) is 7.11 Å². The van der Waals surface area contributed by atoms with Gasteiger partial charge in [-0.15, -0.1) is 11.6 Å². The maximum absolute atomic E-state index is 6.08. The quantitative estimate of drug-likeness (QED) is 0.676. The van der Waals surface area contributed by atoms with Crippen molar-refractivity contribution >= 4 is 33.5 Å². The zero-order chi connectivity index (χ0) is 14.8. The van der Waals surface area contributed by atoms with Gasteiger partial charge in [0.1, 0.15) is 11.3 Å². The first-order valence-electron chi connectivity index (χ1n) is 7.02. The summed E-state index contributed by atoms with van der Waals surface area (Å²) in [5.41, 5.74) is 2.99. The summed E-state index contributed by atoms with van der Waals surface area (Å²) >= 11 is 6.08. The normalized spacial score (nSPS) is 13.1. The number of pyridine rings is 1. The Balaban J connectivity index is 2.21. The molecule has 1 aromatic carbocycles. The van der Waals surface area contributed by atoms with Crippen molar-refractivity contribution in [2.24, 2.45) is 5.92 Å². The SMILES string of the molecule is COCC(C)Cn1c(CCl)nc2cnc3ccccc3c21. The number of fused-ring (bicyclic) bond motifs is 3. The maximum atomic E-state index is 6.08. The van der Waals surface area contributed by atoms with Crippen LogP contribution >= 0.6 is 11.6 Å². The summed E-state index contributed by atoms with van der Waals surface area (Å²) in [5, 5.41) is 1.11. The second-order valence-electron chi connectivity index (χ2n) is 5.34. The molecular weight excluding hydrogens is 286 g/mol. The van der Waals surface area contributed by atoms with Crippen LogP contribution in [0.2, 0.25) is 0 Å². The number of methoxy groups -OCH3 is 1. The lowest BCUT2D eigenvalue weighted by atomic mass is 10.1. The molecule has 0 N–H and O–H groups in total. The molecule has 0 aliphatic rings. The van der Waals surface area contributed by atoms with Gasteiger partial charge < -0.3 is 9.30 Å². The van der Waals surface area contributed by atoms with E-state index in [-0.39, 0.29) is 0 Å². The molecule has 0 saturated heterocycles. The van der Waals surface area contributed by atoms with Gasteiger partial charge in [-0.1, -0.05) is 25.1 Å². The predicted octanol–water partition coefficient (Wildman–Crippen LogP) is 3.61. The van der Waals surface area contributed by atoms with E-state index in [1.807, 2.05) is 24.4 Å². The van der Waals surface area contributed by atoms with E-state index in [4.69, 9.17) is 16.3 Å². The first-order chi connectivity index (χ1) is 10.2. The topological polar surface area (TPSA) is 39.9 Å². The molecule has 0 spiro atoms. The molecule has 0 saturated carbocycles. The first kappa shape index (κ1) is 14.3. The summed E-state index contributed by atoms with van der Waals surface area (Å²) < 4.78 is 7.45. The fraction of sp³-hybridized carbons (Fsp3) is 0.375. The van der Waals surface area contributed by atoms with Crippen LogP contribution in [0.5, 0.6) is 0 Å². The number of hydrogen-bond donors (Lipinski definition) is 0. The molecule has 110 valence electrons. The number of alkyl halides is 1. The van der Waals surface area contributed by atoms with Gasteiger partial charge in [0.25, 0.3) is 0 Å². The molecule has 3 rings (SSSR count). The lowest BCUT2D eigenvalue weighted by Gasteiger charge is -2.14. The van der Waals surface area contributed by atoms with Crippen LogP contribution in [0.25, 0.3) is 21.9 Å². The first-order valence-corrected chi connectivity index (χ1v) is 7.55. The van der Waals surface area contributed by atoms with Gasteiger partial charge in [0.05, 0.1) is 29.7 Å². The molecule has 0 radical (unpaired) electrons. The summed E-state index contributed by atoms with van der Waals surface area (Å²) in [7, 11) is 1.73. The van der Waals surface area contributed by atoms with E-state index in [2.05, 4.69) is 27.5 Å². The molecule has 2 heterocycles. The van der Waals surface area contributed by atoms with Gasteiger partial charge in [0.15, 0.2) is 0 Å². The average molecular weight is 304 g/mol. The Morgan fingerprint density at radius 1 is 1.29 bits per heavy atom. The van der Waals surface area contributed by atoms with Gasteiger partial charge >= 0.3 is 0 Å². The summed E-state index contributed by atoms with van der Waals surface area (Å²) in [5.74, 6) is 1.66. The minimum atomic E-state index is 0.390. The Labute approximate surface area is 128 Å². The molecule has 1 atom stereocenters. The van der Waals surface area contributed by atoms with Crippen LogP contribution in [0.3, 0.4) is 0 Å². The molecule has 2 aromatic heterocycles. The Hall–Kier alpha value is -1.65. The van der Waals surface area contributed by atoms with E-state index in [1.165, 1.54) is 0 Å². The lowest BCUT2D eigenvalue weighted by Crippen LogP contribution is -2.14. The fourth-order valence-corrected chi connectivity index (χ4v) is 2.96. The summed E-state index contributed by atoms with van der Waals surface area (Å²) in [6.07, 6.45) is 1.82. The van der Waals surface area contributed by atoms with Crippen molar-refractivity contribution in [3.8, 4) is 0 Å². The highest BCUT2D eigenvalue weighted by Gasteiger charge is 2.15. The number of halogens is 1. The number of para-hydroxylation sites is 1. The lowest BCUT2D eigenvalue weighted by molar-refractivity contribution is 0.151. The van der Waals surface area contributed by atoms with Gasteiger partial charge in [-0.25, -0.2) is 4.98 Å². The smallest absolute Gasteiger partial charge is 0.124 e. The highest BCUT2D eigenvalue weighted by molar-refractivity contribution is 6.17.